The van der Waals surface area contributed by atoms with Crippen molar-refractivity contribution in [2.75, 3.05) is 6.54 Å². The summed E-state index contributed by atoms with van der Waals surface area (Å²) in [7, 11) is 0. The lowest BCUT2D eigenvalue weighted by Gasteiger charge is -2.00. The Morgan fingerprint density at radius 1 is 1.67 bits per heavy atom. The van der Waals surface area contributed by atoms with Gasteiger partial charge in [-0.3, -0.25) is 4.79 Å². The van der Waals surface area contributed by atoms with E-state index in [1.165, 1.54) is 0 Å². The molecule has 9 heavy (non-hydrogen) atoms. The van der Waals surface area contributed by atoms with Gasteiger partial charge in [0, 0.05) is 13.0 Å². The van der Waals surface area contributed by atoms with Crippen molar-refractivity contribution in [2.24, 2.45) is 0 Å². The van der Waals surface area contributed by atoms with E-state index in [2.05, 4.69) is 11.9 Å². The van der Waals surface area contributed by atoms with Crippen LogP contribution in [0.25, 0.3) is 0 Å². The summed E-state index contributed by atoms with van der Waals surface area (Å²) < 4.78 is 0. The molecule has 0 fully saturated rings. The average molecular weight is 127 g/mol. The van der Waals surface area contributed by atoms with Gasteiger partial charge in [-0.2, -0.15) is 0 Å². The second-order valence-electron chi connectivity index (χ2n) is 2.09. The highest BCUT2D eigenvalue weighted by atomic mass is 16.1. The smallest absolute Gasteiger partial charge is 0.219 e. The summed E-state index contributed by atoms with van der Waals surface area (Å²) in [4.78, 5) is 10.6. The van der Waals surface area contributed by atoms with Gasteiger partial charge in [-0.1, -0.05) is 19.1 Å². The number of hydrogen-bond donors (Lipinski definition) is 1. The highest BCUT2D eigenvalue weighted by Crippen LogP contribution is 1.82. The Bertz CT molecular complexity index is 118. The molecule has 0 aromatic carbocycles. The minimum absolute atomic E-state index is 0.0815. The van der Waals surface area contributed by atoms with Crippen molar-refractivity contribution in [1.82, 2.24) is 5.32 Å². The normalized spacial score (nSPS) is 8.67. The van der Waals surface area contributed by atoms with Gasteiger partial charge in [-0.15, -0.1) is 0 Å². The topological polar surface area (TPSA) is 29.1 Å². The van der Waals surface area contributed by atoms with Crippen molar-refractivity contribution >= 4 is 5.91 Å². The Hall–Kier alpha value is -0.790. The third kappa shape index (κ3) is 5.07. The highest BCUT2D eigenvalue weighted by Gasteiger charge is 1.92. The molecule has 0 rings (SSSR count). The van der Waals surface area contributed by atoms with Gasteiger partial charge in [0.25, 0.3) is 0 Å². The average Bonchev–Trinajstić information content (AvgIpc) is 1.83. The number of hydrogen-bond acceptors (Lipinski definition) is 1. The number of rotatable bonds is 3. The Morgan fingerprint density at radius 3 is 2.56 bits per heavy atom. The minimum Gasteiger partial charge on any atom is -0.352 e. The van der Waals surface area contributed by atoms with E-state index >= 15 is 0 Å². The van der Waals surface area contributed by atoms with E-state index in [9.17, 15) is 4.79 Å². The summed E-state index contributed by atoms with van der Waals surface area (Å²) in [6.45, 7) is 7.96. The number of nitrogens with one attached hydrogen (secondary N) is 1. The fraction of sp³-hybridized carbons (Fsp3) is 0.571. The largest absolute Gasteiger partial charge is 0.352 e. The Labute approximate surface area is 56.0 Å². The van der Waals surface area contributed by atoms with Crippen LogP contribution in [0.5, 0.6) is 0 Å². The van der Waals surface area contributed by atoms with Crippen LogP contribution < -0.4 is 5.32 Å². The molecule has 0 atom stereocenters. The van der Waals surface area contributed by atoms with Crippen LogP contribution in [0.4, 0.5) is 0 Å². The van der Waals surface area contributed by atoms with Crippen molar-refractivity contribution in [3.8, 4) is 0 Å². The predicted molar refractivity (Wildman–Crippen MR) is 38.1 cm³/mol. The SMILES string of the molecule is C=C(C)CNC(=O)CC. The molecule has 0 aromatic rings. The van der Waals surface area contributed by atoms with Gasteiger partial charge >= 0.3 is 0 Å². The van der Waals surface area contributed by atoms with Gasteiger partial charge in [0.15, 0.2) is 0 Å². The third-order valence-electron chi connectivity index (χ3n) is 0.908. The van der Waals surface area contributed by atoms with Crippen molar-refractivity contribution in [1.29, 1.82) is 0 Å². The molecule has 0 aliphatic rings. The van der Waals surface area contributed by atoms with Crippen LogP contribution in [0.2, 0.25) is 0 Å². The number of amides is 1. The van der Waals surface area contributed by atoms with E-state index in [0.29, 0.717) is 13.0 Å². The fourth-order valence-electron chi connectivity index (χ4n) is 0.374. The molecule has 1 amide bonds. The number of carbonyl (C=O) groups is 1. The summed E-state index contributed by atoms with van der Waals surface area (Å²) in [5, 5.41) is 2.69. The first kappa shape index (κ1) is 8.21. The van der Waals surface area contributed by atoms with Crippen LogP contribution >= 0.6 is 0 Å². The highest BCUT2D eigenvalue weighted by molar-refractivity contribution is 5.75. The van der Waals surface area contributed by atoms with Crippen molar-refractivity contribution in [3.05, 3.63) is 12.2 Å². The van der Waals surface area contributed by atoms with Crippen molar-refractivity contribution in [2.45, 2.75) is 20.3 Å². The summed E-state index contributed by atoms with van der Waals surface area (Å²) >= 11 is 0. The van der Waals surface area contributed by atoms with Gasteiger partial charge < -0.3 is 5.32 Å². The zero-order valence-corrected chi connectivity index (χ0v) is 6.03. The summed E-state index contributed by atoms with van der Waals surface area (Å²) in [6, 6.07) is 0. The molecule has 2 heteroatoms. The van der Waals surface area contributed by atoms with Crippen LogP contribution in [0.15, 0.2) is 12.2 Å². The maximum absolute atomic E-state index is 10.6. The molecular formula is C7H13NO. The van der Waals surface area contributed by atoms with Gasteiger partial charge in [-0.25, -0.2) is 0 Å². The molecule has 0 heterocycles. The second kappa shape index (κ2) is 4.13. The first-order chi connectivity index (χ1) is 4.16. The first-order valence-corrected chi connectivity index (χ1v) is 3.08. The molecule has 0 unspecified atom stereocenters. The number of carbonyl (C=O) groups excluding carboxylic acids is 1. The van der Waals surface area contributed by atoms with Crippen molar-refractivity contribution in [3.63, 3.8) is 0 Å². The van der Waals surface area contributed by atoms with Crippen LogP contribution in [-0.4, -0.2) is 12.5 Å². The molecule has 0 aliphatic carbocycles. The molecule has 1 N–H and O–H groups in total. The molecule has 0 aliphatic heterocycles. The summed E-state index contributed by atoms with van der Waals surface area (Å²) in [5.41, 5.74) is 0.983. The maximum Gasteiger partial charge on any atom is 0.219 e. The Morgan fingerprint density at radius 2 is 2.22 bits per heavy atom. The molecule has 0 radical (unpaired) electrons. The third-order valence-corrected chi connectivity index (χ3v) is 0.908. The van der Waals surface area contributed by atoms with Gasteiger partial charge in [0.2, 0.25) is 5.91 Å². The standard InChI is InChI=1S/C7H13NO/c1-4-7(9)8-5-6(2)3/h2,4-5H2,1,3H3,(H,8,9). The predicted octanol–water partition coefficient (Wildman–Crippen LogP) is 1.09. The van der Waals surface area contributed by atoms with Crippen LogP contribution in [0.1, 0.15) is 20.3 Å². The van der Waals surface area contributed by atoms with Crippen LogP contribution in [0.3, 0.4) is 0 Å². The Kier molecular flexibility index (Phi) is 3.76. The van der Waals surface area contributed by atoms with E-state index in [1.807, 2.05) is 13.8 Å². The van der Waals surface area contributed by atoms with Crippen LogP contribution in [-0.2, 0) is 4.79 Å². The molecule has 0 saturated carbocycles. The quantitative estimate of drug-likeness (QED) is 0.565. The molecule has 0 saturated heterocycles. The second-order valence-corrected chi connectivity index (χ2v) is 2.09. The zero-order chi connectivity index (χ0) is 7.28. The van der Waals surface area contributed by atoms with Gasteiger partial charge in [0.1, 0.15) is 0 Å². The lowest BCUT2D eigenvalue weighted by molar-refractivity contribution is -0.120. The van der Waals surface area contributed by atoms with Crippen LogP contribution in [0, 0.1) is 0 Å². The van der Waals surface area contributed by atoms with E-state index < -0.39 is 0 Å². The fourth-order valence-corrected chi connectivity index (χ4v) is 0.374. The molecule has 0 spiro atoms. The monoisotopic (exact) mass is 127 g/mol. The van der Waals surface area contributed by atoms with Crippen molar-refractivity contribution < 1.29 is 4.79 Å². The molecule has 0 aromatic heterocycles. The Balaban J connectivity index is 3.28. The van der Waals surface area contributed by atoms with E-state index in [4.69, 9.17) is 0 Å². The van der Waals surface area contributed by atoms with E-state index in [0.717, 1.165) is 5.57 Å². The maximum atomic E-state index is 10.6. The van der Waals surface area contributed by atoms with E-state index in [-0.39, 0.29) is 5.91 Å². The molecular weight excluding hydrogens is 114 g/mol. The molecule has 2 nitrogen and oxygen atoms in total. The van der Waals surface area contributed by atoms with Gasteiger partial charge in [0.05, 0.1) is 0 Å². The molecule has 0 bridgehead atoms. The zero-order valence-electron chi connectivity index (χ0n) is 6.03. The minimum atomic E-state index is 0.0815. The first-order valence-electron chi connectivity index (χ1n) is 3.08. The molecule has 52 valence electrons. The summed E-state index contributed by atoms with van der Waals surface area (Å²) in [5.74, 6) is 0.0815. The lowest BCUT2D eigenvalue weighted by Crippen LogP contribution is -2.23. The van der Waals surface area contributed by atoms with Gasteiger partial charge in [-0.05, 0) is 6.92 Å². The summed E-state index contributed by atoms with van der Waals surface area (Å²) in [6.07, 6.45) is 0.549. The van der Waals surface area contributed by atoms with E-state index in [1.54, 1.807) is 0 Å². The lowest BCUT2D eigenvalue weighted by atomic mass is 10.3.